The molecule has 3 N–H and O–H groups in total. The SMILES string of the molecule is CCc1c(C)nc(-c2ccc(Br)s2)nc1Nc1ccc(CC(=O)O)c(NS(C)(=O)=O)c1. The van der Waals surface area contributed by atoms with Crippen LogP contribution in [0, 0.1) is 6.92 Å². The molecule has 0 unspecified atom stereocenters. The standard InChI is InChI=1S/C20H21BrN4O4S2/c1-4-14-11(2)22-20(16-7-8-17(21)30-16)24-19(14)23-13-6-5-12(9-18(26)27)15(10-13)25-31(3,28)29/h5-8,10,25H,4,9H2,1-3H3,(H,26,27)(H,22,23,24). The van der Waals surface area contributed by atoms with E-state index in [9.17, 15) is 13.2 Å². The van der Waals surface area contributed by atoms with Crippen molar-refractivity contribution >= 4 is 60.5 Å². The molecule has 2 heterocycles. The Morgan fingerprint density at radius 2 is 1.97 bits per heavy atom. The van der Waals surface area contributed by atoms with Gasteiger partial charge >= 0.3 is 5.97 Å². The van der Waals surface area contributed by atoms with Gasteiger partial charge in [0.05, 0.1) is 27.0 Å². The Labute approximate surface area is 192 Å². The van der Waals surface area contributed by atoms with Crippen LogP contribution in [-0.4, -0.2) is 35.7 Å². The summed E-state index contributed by atoms with van der Waals surface area (Å²) in [5, 5.41) is 12.4. The zero-order chi connectivity index (χ0) is 22.8. The second-order valence-electron chi connectivity index (χ2n) is 6.86. The van der Waals surface area contributed by atoms with E-state index in [0.717, 1.165) is 26.2 Å². The summed E-state index contributed by atoms with van der Waals surface area (Å²) in [6.45, 7) is 3.93. The van der Waals surface area contributed by atoms with Gasteiger partial charge < -0.3 is 10.4 Å². The number of carbonyl (C=O) groups is 1. The highest BCUT2D eigenvalue weighted by molar-refractivity contribution is 9.11. The van der Waals surface area contributed by atoms with Crippen molar-refractivity contribution in [2.45, 2.75) is 26.7 Å². The molecule has 164 valence electrons. The molecule has 0 aliphatic rings. The van der Waals surface area contributed by atoms with Crippen molar-refractivity contribution in [3.63, 3.8) is 0 Å². The van der Waals surface area contributed by atoms with Crippen LogP contribution in [0.25, 0.3) is 10.7 Å². The Kier molecular flexibility index (Phi) is 6.97. The first-order valence-corrected chi connectivity index (χ1v) is 12.8. The molecule has 2 aromatic heterocycles. The topological polar surface area (TPSA) is 121 Å². The molecule has 0 aliphatic carbocycles. The lowest BCUT2D eigenvalue weighted by molar-refractivity contribution is -0.136. The number of thiophene rings is 1. The molecule has 0 atom stereocenters. The minimum Gasteiger partial charge on any atom is -0.481 e. The van der Waals surface area contributed by atoms with Crippen molar-refractivity contribution in [2.24, 2.45) is 0 Å². The highest BCUT2D eigenvalue weighted by atomic mass is 79.9. The minimum absolute atomic E-state index is 0.209. The van der Waals surface area contributed by atoms with Gasteiger partial charge in [-0.15, -0.1) is 11.3 Å². The lowest BCUT2D eigenvalue weighted by Gasteiger charge is -2.16. The molecule has 0 aliphatic heterocycles. The van der Waals surface area contributed by atoms with E-state index in [4.69, 9.17) is 10.1 Å². The number of nitrogens with one attached hydrogen (secondary N) is 2. The van der Waals surface area contributed by atoms with Crippen LogP contribution < -0.4 is 10.0 Å². The Hall–Kier alpha value is -2.50. The third-order valence-electron chi connectivity index (χ3n) is 4.37. The van der Waals surface area contributed by atoms with Gasteiger partial charge in [-0.25, -0.2) is 18.4 Å². The molecule has 0 spiro atoms. The van der Waals surface area contributed by atoms with Crippen LogP contribution in [0.2, 0.25) is 0 Å². The van der Waals surface area contributed by atoms with Crippen LogP contribution >= 0.6 is 27.3 Å². The van der Waals surface area contributed by atoms with Gasteiger partial charge in [0, 0.05) is 16.9 Å². The normalized spacial score (nSPS) is 11.4. The van der Waals surface area contributed by atoms with E-state index < -0.39 is 16.0 Å². The number of anilines is 3. The second-order valence-corrected chi connectivity index (χ2v) is 11.1. The van der Waals surface area contributed by atoms with Gasteiger partial charge in [-0.2, -0.15) is 0 Å². The molecule has 8 nitrogen and oxygen atoms in total. The zero-order valence-electron chi connectivity index (χ0n) is 17.1. The van der Waals surface area contributed by atoms with Crippen molar-refractivity contribution < 1.29 is 18.3 Å². The molecule has 3 rings (SSSR count). The number of nitrogens with zero attached hydrogens (tertiary/aromatic N) is 2. The fraction of sp³-hybridized carbons (Fsp3) is 0.250. The summed E-state index contributed by atoms with van der Waals surface area (Å²) < 4.78 is 26.9. The van der Waals surface area contributed by atoms with Crippen molar-refractivity contribution in [3.8, 4) is 10.7 Å². The summed E-state index contributed by atoms with van der Waals surface area (Å²) >= 11 is 4.98. The summed E-state index contributed by atoms with van der Waals surface area (Å²) in [7, 11) is -3.58. The fourth-order valence-corrected chi connectivity index (χ4v) is 4.98. The second kappa shape index (κ2) is 9.33. The first-order valence-electron chi connectivity index (χ1n) is 9.28. The number of carboxylic acids is 1. The van der Waals surface area contributed by atoms with E-state index in [1.54, 1.807) is 18.2 Å². The average Bonchev–Trinajstić information content (AvgIpc) is 3.08. The van der Waals surface area contributed by atoms with Crippen LogP contribution in [0.4, 0.5) is 17.2 Å². The van der Waals surface area contributed by atoms with Crippen molar-refractivity contribution in [1.29, 1.82) is 0 Å². The maximum Gasteiger partial charge on any atom is 0.307 e. The van der Waals surface area contributed by atoms with E-state index >= 15 is 0 Å². The molecule has 3 aromatic rings. The number of halogens is 1. The number of benzene rings is 1. The predicted octanol–water partition coefficient (Wildman–Crippen LogP) is 4.58. The van der Waals surface area contributed by atoms with Crippen LogP contribution in [0.15, 0.2) is 34.1 Å². The van der Waals surface area contributed by atoms with E-state index in [1.807, 2.05) is 26.0 Å². The van der Waals surface area contributed by atoms with Crippen LogP contribution in [0.3, 0.4) is 0 Å². The maximum absolute atomic E-state index is 11.8. The summed E-state index contributed by atoms with van der Waals surface area (Å²) in [6.07, 6.45) is 1.42. The number of hydrogen-bond donors (Lipinski definition) is 3. The van der Waals surface area contributed by atoms with Crippen LogP contribution in [-0.2, 0) is 27.7 Å². The smallest absolute Gasteiger partial charge is 0.307 e. The largest absolute Gasteiger partial charge is 0.481 e. The molecule has 0 saturated carbocycles. The van der Waals surface area contributed by atoms with Crippen LogP contribution in [0.5, 0.6) is 0 Å². The van der Waals surface area contributed by atoms with Gasteiger partial charge in [0.2, 0.25) is 10.0 Å². The molecular weight excluding hydrogens is 504 g/mol. The number of aryl methyl sites for hydroxylation is 1. The zero-order valence-corrected chi connectivity index (χ0v) is 20.3. The third kappa shape index (κ3) is 6.02. The van der Waals surface area contributed by atoms with E-state index in [2.05, 4.69) is 31.0 Å². The quantitative estimate of drug-likeness (QED) is 0.394. The lowest BCUT2D eigenvalue weighted by Crippen LogP contribution is -2.13. The van der Waals surface area contributed by atoms with Gasteiger partial charge in [-0.1, -0.05) is 13.0 Å². The molecule has 0 amide bonds. The number of rotatable bonds is 8. The molecule has 11 heteroatoms. The Balaban J connectivity index is 2.03. The molecule has 1 aromatic carbocycles. The Morgan fingerprint density at radius 1 is 1.23 bits per heavy atom. The van der Waals surface area contributed by atoms with Crippen molar-refractivity contribution in [1.82, 2.24) is 9.97 Å². The van der Waals surface area contributed by atoms with E-state index in [-0.39, 0.29) is 12.1 Å². The van der Waals surface area contributed by atoms with Crippen LogP contribution in [0.1, 0.15) is 23.7 Å². The average molecular weight is 525 g/mol. The first-order chi connectivity index (χ1) is 14.6. The van der Waals surface area contributed by atoms with E-state index in [0.29, 0.717) is 29.3 Å². The van der Waals surface area contributed by atoms with Crippen molar-refractivity contribution in [2.75, 3.05) is 16.3 Å². The van der Waals surface area contributed by atoms with Gasteiger partial charge in [0.25, 0.3) is 0 Å². The number of aliphatic carboxylic acids is 1. The summed E-state index contributed by atoms with van der Waals surface area (Å²) in [6, 6.07) is 8.72. The summed E-state index contributed by atoms with van der Waals surface area (Å²) in [5.74, 6) is 0.152. The number of sulfonamides is 1. The summed E-state index contributed by atoms with van der Waals surface area (Å²) in [5.41, 5.74) is 2.93. The lowest BCUT2D eigenvalue weighted by atomic mass is 10.1. The minimum atomic E-state index is -3.58. The van der Waals surface area contributed by atoms with Gasteiger partial charge in [0.1, 0.15) is 5.82 Å². The summed E-state index contributed by atoms with van der Waals surface area (Å²) in [4.78, 5) is 21.4. The number of carboxylic acid groups (broad SMARTS) is 1. The molecule has 0 bridgehead atoms. The van der Waals surface area contributed by atoms with E-state index in [1.165, 1.54) is 11.3 Å². The molecule has 0 fully saturated rings. The van der Waals surface area contributed by atoms with Gasteiger partial charge in [-0.3, -0.25) is 9.52 Å². The monoisotopic (exact) mass is 524 g/mol. The van der Waals surface area contributed by atoms with Gasteiger partial charge in [0.15, 0.2) is 5.82 Å². The third-order valence-corrected chi connectivity index (χ3v) is 6.58. The molecular formula is C20H21BrN4O4S2. The Morgan fingerprint density at radius 3 is 2.55 bits per heavy atom. The Bertz CT molecular complexity index is 1240. The number of hydrogen-bond acceptors (Lipinski definition) is 7. The number of aromatic nitrogens is 2. The van der Waals surface area contributed by atoms with Crippen molar-refractivity contribution in [3.05, 3.63) is 50.9 Å². The molecule has 0 saturated heterocycles. The highest BCUT2D eigenvalue weighted by Crippen LogP contribution is 2.32. The maximum atomic E-state index is 11.8. The molecule has 31 heavy (non-hydrogen) atoms. The first kappa shape index (κ1) is 23.2. The highest BCUT2D eigenvalue weighted by Gasteiger charge is 2.16. The van der Waals surface area contributed by atoms with Gasteiger partial charge in [-0.05, 0) is 59.1 Å². The predicted molar refractivity (Wildman–Crippen MR) is 127 cm³/mol. The molecule has 0 radical (unpaired) electrons. The fourth-order valence-electron chi connectivity index (χ4n) is 3.07.